The average Bonchev–Trinajstić information content (AvgIpc) is 3.99. The summed E-state index contributed by atoms with van der Waals surface area (Å²) in [5, 5.41) is 18.1. The second kappa shape index (κ2) is 11.8. The summed E-state index contributed by atoms with van der Waals surface area (Å²) in [6.45, 7) is 13.3. The molecular weight excluding hydrogens is 677 g/mol. The van der Waals surface area contributed by atoms with E-state index in [0.717, 1.165) is 22.3 Å². The van der Waals surface area contributed by atoms with Crippen LogP contribution in [0.5, 0.6) is 0 Å². The molecule has 0 saturated heterocycles. The van der Waals surface area contributed by atoms with Crippen molar-refractivity contribution in [2.75, 3.05) is 0 Å². The Hall–Kier alpha value is -6.40. The summed E-state index contributed by atoms with van der Waals surface area (Å²) >= 11 is 0. The van der Waals surface area contributed by atoms with E-state index in [4.69, 9.17) is 8.83 Å². The fourth-order valence-electron chi connectivity index (χ4n) is 8.54. The van der Waals surface area contributed by atoms with Crippen molar-refractivity contribution < 1.29 is 8.83 Å². The van der Waals surface area contributed by atoms with Crippen molar-refractivity contribution in [2.24, 2.45) is 0 Å². The van der Waals surface area contributed by atoms with E-state index in [1.54, 1.807) is 0 Å². The molecule has 0 radical (unpaired) electrons. The van der Waals surface area contributed by atoms with Gasteiger partial charge in [-0.3, -0.25) is 0 Å². The maximum Gasteiger partial charge on any atom is 0.248 e. The monoisotopic (exact) mass is 716 g/mol. The maximum absolute atomic E-state index is 6.40. The van der Waals surface area contributed by atoms with Gasteiger partial charge in [-0.05, 0) is 115 Å². The molecule has 55 heavy (non-hydrogen) atoms. The molecule has 8 aromatic rings. The molecule has 6 nitrogen and oxygen atoms in total. The van der Waals surface area contributed by atoms with Gasteiger partial charge in [0.05, 0.1) is 5.41 Å². The number of benzene rings is 6. The fourth-order valence-corrected chi connectivity index (χ4v) is 8.54. The summed E-state index contributed by atoms with van der Waals surface area (Å²) in [7, 11) is 0. The van der Waals surface area contributed by atoms with Crippen LogP contribution in [0.3, 0.4) is 0 Å². The Balaban J connectivity index is 1.10. The standard InChI is InChI=1S/C49H40N4O2/c1-47(2,3)33-21-15-29(16-22-33)43-50-52-45(54-43)31-19-25-37-35-11-7-9-13-39(35)49(41(37)27-31)40-14-10-8-12-36(40)38-26-20-32(28-42(38)49)46-53-51-44(55-46)30-17-23-34(24-18-30)48(4,5)6/h7-28H,1-6H3. The third kappa shape index (κ3) is 5.08. The summed E-state index contributed by atoms with van der Waals surface area (Å²) in [6.07, 6.45) is 0. The smallest absolute Gasteiger partial charge is 0.248 e. The van der Waals surface area contributed by atoms with Gasteiger partial charge in [0, 0.05) is 22.3 Å². The van der Waals surface area contributed by atoms with Crippen LogP contribution >= 0.6 is 0 Å². The lowest BCUT2D eigenvalue weighted by Crippen LogP contribution is -2.26. The van der Waals surface area contributed by atoms with Gasteiger partial charge in [0.25, 0.3) is 0 Å². The average molecular weight is 717 g/mol. The van der Waals surface area contributed by atoms with Crippen LogP contribution in [0.1, 0.15) is 74.9 Å². The Labute approximate surface area is 321 Å². The quantitative estimate of drug-likeness (QED) is 0.180. The van der Waals surface area contributed by atoms with Gasteiger partial charge in [-0.15, -0.1) is 20.4 Å². The number of hydrogen-bond donors (Lipinski definition) is 0. The predicted molar refractivity (Wildman–Crippen MR) is 218 cm³/mol. The van der Waals surface area contributed by atoms with Crippen LogP contribution in [0, 0.1) is 0 Å². The van der Waals surface area contributed by atoms with Crippen molar-refractivity contribution in [3.8, 4) is 68.1 Å². The van der Waals surface area contributed by atoms with Crippen LogP contribution in [0.15, 0.2) is 142 Å². The van der Waals surface area contributed by atoms with E-state index < -0.39 is 5.41 Å². The zero-order valence-corrected chi connectivity index (χ0v) is 31.8. The molecule has 0 amide bonds. The number of hydrogen-bond acceptors (Lipinski definition) is 6. The second-order valence-corrected chi connectivity index (χ2v) is 16.8. The zero-order chi connectivity index (χ0) is 37.7. The number of fused-ring (bicyclic) bond motifs is 10. The SMILES string of the molecule is CC(C)(C)c1ccc(-c2nnc(-c3ccc4c(c3)C3(c5ccccc5-4)c4ccccc4-c4ccc(-c5nnc(-c6ccc(C(C)(C)C)cc6)o5)cc43)o2)cc1. The molecule has 0 N–H and O–H groups in total. The lowest BCUT2D eigenvalue weighted by molar-refractivity contribution is 0.581. The highest BCUT2D eigenvalue weighted by atomic mass is 16.4. The van der Waals surface area contributed by atoms with Crippen molar-refractivity contribution in [3.63, 3.8) is 0 Å². The van der Waals surface area contributed by atoms with Gasteiger partial charge >= 0.3 is 0 Å². The molecule has 2 heterocycles. The minimum atomic E-state index is -0.596. The molecule has 2 aliphatic rings. The molecule has 6 heteroatoms. The van der Waals surface area contributed by atoms with Gasteiger partial charge in [0.2, 0.25) is 23.6 Å². The van der Waals surface area contributed by atoms with Crippen molar-refractivity contribution in [2.45, 2.75) is 57.8 Å². The van der Waals surface area contributed by atoms with Crippen LogP contribution in [-0.4, -0.2) is 20.4 Å². The number of rotatable bonds is 4. The van der Waals surface area contributed by atoms with Crippen LogP contribution in [0.2, 0.25) is 0 Å². The van der Waals surface area contributed by atoms with E-state index in [9.17, 15) is 0 Å². The van der Waals surface area contributed by atoms with Gasteiger partial charge in [0.1, 0.15) is 0 Å². The summed E-state index contributed by atoms with van der Waals surface area (Å²) < 4.78 is 12.8. The van der Waals surface area contributed by atoms with Crippen LogP contribution in [0.25, 0.3) is 68.1 Å². The van der Waals surface area contributed by atoms with Gasteiger partial charge in [-0.25, -0.2) is 0 Å². The molecular formula is C49H40N4O2. The Morgan fingerprint density at radius 3 is 1.07 bits per heavy atom. The topological polar surface area (TPSA) is 77.8 Å². The first-order valence-corrected chi connectivity index (χ1v) is 18.9. The molecule has 0 fully saturated rings. The lowest BCUT2D eigenvalue weighted by atomic mass is 9.70. The molecule has 268 valence electrons. The molecule has 2 aromatic heterocycles. The molecule has 0 bridgehead atoms. The molecule has 6 aromatic carbocycles. The van der Waals surface area contributed by atoms with Crippen molar-refractivity contribution >= 4 is 0 Å². The van der Waals surface area contributed by atoms with E-state index in [1.807, 2.05) is 0 Å². The van der Waals surface area contributed by atoms with Gasteiger partial charge in [-0.2, -0.15) is 0 Å². The third-order valence-corrected chi connectivity index (χ3v) is 11.4. The van der Waals surface area contributed by atoms with E-state index in [2.05, 4.69) is 195 Å². The minimum absolute atomic E-state index is 0.0575. The van der Waals surface area contributed by atoms with Gasteiger partial charge in [-0.1, -0.05) is 126 Å². The fraction of sp³-hybridized carbons (Fsp3) is 0.184. The summed E-state index contributed by atoms with van der Waals surface area (Å²) in [5.74, 6) is 1.97. The lowest BCUT2D eigenvalue weighted by Gasteiger charge is -2.30. The van der Waals surface area contributed by atoms with E-state index in [0.29, 0.717) is 23.6 Å². The Morgan fingerprint density at radius 2 is 0.691 bits per heavy atom. The predicted octanol–water partition coefficient (Wildman–Crippen LogP) is 12.1. The highest BCUT2D eigenvalue weighted by Crippen LogP contribution is 2.63. The second-order valence-electron chi connectivity index (χ2n) is 16.8. The number of nitrogens with zero attached hydrogens (tertiary/aromatic N) is 4. The first-order valence-electron chi connectivity index (χ1n) is 18.9. The molecule has 0 unspecified atom stereocenters. The van der Waals surface area contributed by atoms with Crippen LogP contribution in [-0.2, 0) is 16.2 Å². The van der Waals surface area contributed by atoms with Gasteiger partial charge < -0.3 is 8.83 Å². The van der Waals surface area contributed by atoms with Crippen molar-refractivity contribution in [1.29, 1.82) is 0 Å². The molecule has 10 rings (SSSR count). The zero-order valence-electron chi connectivity index (χ0n) is 31.8. The third-order valence-electron chi connectivity index (χ3n) is 11.4. The molecule has 2 aliphatic carbocycles. The highest BCUT2D eigenvalue weighted by molar-refractivity contribution is 5.96. The first-order chi connectivity index (χ1) is 26.5. The molecule has 0 atom stereocenters. The number of aromatic nitrogens is 4. The Kier molecular flexibility index (Phi) is 7.12. The normalized spacial score (nSPS) is 13.8. The molecule has 0 aliphatic heterocycles. The largest absolute Gasteiger partial charge is 0.416 e. The minimum Gasteiger partial charge on any atom is -0.416 e. The van der Waals surface area contributed by atoms with Crippen molar-refractivity contribution in [3.05, 3.63) is 167 Å². The van der Waals surface area contributed by atoms with Crippen LogP contribution in [0.4, 0.5) is 0 Å². The first kappa shape index (κ1) is 33.2. The van der Waals surface area contributed by atoms with E-state index in [-0.39, 0.29) is 10.8 Å². The summed E-state index contributed by atoms with van der Waals surface area (Å²) in [4.78, 5) is 0. The van der Waals surface area contributed by atoms with Gasteiger partial charge in [0.15, 0.2) is 0 Å². The van der Waals surface area contributed by atoms with Crippen LogP contribution < -0.4 is 0 Å². The van der Waals surface area contributed by atoms with E-state index >= 15 is 0 Å². The summed E-state index contributed by atoms with van der Waals surface area (Å²) in [5.41, 5.74) is 15.2. The summed E-state index contributed by atoms with van der Waals surface area (Å²) in [6, 6.07) is 47.4. The Bertz CT molecular complexity index is 2580. The molecule has 1 spiro atoms. The Morgan fingerprint density at radius 1 is 0.364 bits per heavy atom. The van der Waals surface area contributed by atoms with Crippen molar-refractivity contribution in [1.82, 2.24) is 20.4 Å². The highest BCUT2D eigenvalue weighted by Gasteiger charge is 2.52. The maximum atomic E-state index is 6.40. The van der Waals surface area contributed by atoms with E-state index in [1.165, 1.54) is 55.6 Å². The molecule has 0 saturated carbocycles.